The molecule has 0 fully saturated rings. The van der Waals surface area contributed by atoms with E-state index < -0.39 is 31.0 Å². The lowest BCUT2D eigenvalue weighted by Crippen LogP contribution is -2.42. The van der Waals surface area contributed by atoms with Crippen molar-refractivity contribution in [3.8, 4) is 0 Å². The van der Waals surface area contributed by atoms with E-state index in [9.17, 15) is 14.4 Å². The van der Waals surface area contributed by atoms with Crippen molar-refractivity contribution >= 4 is 17.9 Å². The Hall–Kier alpha value is -1.79. The average molecular weight is 314 g/mol. The Kier molecular flexibility index (Phi) is 15.2. The van der Waals surface area contributed by atoms with E-state index in [4.69, 9.17) is 20.4 Å². The van der Waals surface area contributed by atoms with Gasteiger partial charge in [-0.1, -0.05) is 0 Å². The molecule has 8 N–H and O–H groups in total. The summed E-state index contributed by atoms with van der Waals surface area (Å²) in [6.45, 7) is -1.03. The zero-order valence-corrected chi connectivity index (χ0v) is 11.4. The SMILES string of the molecule is O.O.O=C(O)CN(CCO)CCN(CC(=O)O)CC(=O)O. The highest BCUT2D eigenvalue weighted by molar-refractivity contribution is 5.72. The lowest BCUT2D eigenvalue weighted by atomic mass is 10.4. The molecule has 0 aromatic carbocycles. The second-order valence-corrected chi connectivity index (χ2v) is 3.89. The summed E-state index contributed by atoms with van der Waals surface area (Å²) in [6.07, 6.45) is 0. The van der Waals surface area contributed by atoms with E-state index >= 15 is 0 Å². The normalized spacial score (nSPS) is 9.86. The number of aliphatic hydroxyl groups excluding tert-OH is 1. The summed E-state index contributed by atoms with van der Waals surface area (Å²) in [6, 6.07) is 0. The number of carbonyl (C=O) groups is 3. The van der Waals surface area contributed by atoms with Gasteiger partial charge in [0.25, 0.3) is 0 Å². The van der Waals surface area contributed by atoms with Gasteiger partial charge < -0.3 is 31.4 Å². The highest BCUT2D eigenvalue weighted by Gasteiger charge is 2.16. The standard InChI is InChI=1S/C10H18N2O7.2H2O/c13-4-3-11(5-8(14)15)1-2-12(6-9(16)17)7-10(18)19;;/h13H,1-7H2,(H,14,15)(H,16,17)(H,18,19);2*1H2. The van der Waals surface area contributed by atoms with Crippen LogP contribution in [0.15, 0.2) is 0 Å². The van der Waals surface area contributed by atoms with Gasteiger partial charge in [0, 0.05) is 19.6 Å². The number of hydrogen-bond acceptors (Lipinski definition) is 6. The van der Waals surface area contributed by atoms with Crippen molar-refractivity contribution < 1.29 is 45.8 Å². The van der Waals surface area contributed by atoms with Crippen molar-refractivity contribution in [2.45, 2.75) is 0 Å². The minimum Gasteiger partial charge on any atom is -0.480 e. The number of rotatable bonds is 11. The first-order chi connectivity index (χ1) is 8.85. The predicted octanol–water partition coefficient (Wildman–Crippen LogP) is -3.81. The van der Waals surface area contributed by atoms with Crippen molar-refractivity contribution in [2.24, 2.45) is 0 Å². The van der Waals surface area contributed by atoms with Gasteiger partial charge in [-0.25, -0.2) is 0 Å². The van der Waals surface area contributed by atoms with Gasteiger partial charge in [-0.2, -0.15) is 0 Å². The van der Waals surface area contributed by atoms with Crippen LogP contribution < -0.4 is 0 Å². The Bertz CT molecular complexity index is 308. The topological polar surface area (TPSA) is 202 Å². The Morgan fingerprint density at radius 2 is 1.00 bits per heavy atom. The molecule has 0 saturated heterocycles. The highest BCUT2D eigenvalue weighted by Crippen LogP contribution is 1.93. The van der Waals surface area contributed by atoms with E-state index in [-0.39, 0.29) is 43.7 Å². The summed E-state index contributed by atoms with van der Waals surface area (Å²) in [7, 11) is 0. The van der Waals surface area contributed by atoms with Crippen LogP contribution in [0.2, 0.25) is 0 Å². The summed E-state index contributed by atoms with van der Waals surface area (Å²) in [4.78, 5) is 34.3. The molecule has 0 atom stereocenters. The molecule has 0 unspecified atom stereocenters. The zero-order chi connectivity index (χ0) is 14.8. The number of aliphatic carboxylic acids is 3. The van der Waals surface area contributed by atoms with Crippen molar-refractivity contribution in [3.63, 3.8) is 0 Å². The third-order valence-corrected chi connectivity index (χ3v) is 2.23. The van der Waals surface area contributed by atoms with E-state index in [1.165, 1.54) is 9.80 Å². The van der Waals surface area contributed by atoms with Crippen LogP contribution in [-0.2, 0) is 14.4 Å². The fourth-order valence-electron chi connectivity index (χ4n) is 1.48. The summed E-state index contributed by atoms with van der Waals surface area (Å²) in [5, 5.41) is 34.7. The number of aliphatic hydroxyl groups is 1. The molecule has 21 heavy (non-hydrogen) atoms. The molecule has 11 heteroatoms. The zero-order valence-electron chi connectivity index (χ0n) is 11.4. The molecular weight excluding hydrogens is 292 g/mol. The average Bonchev–Trinajstić information content (AvgIpc) is 2.23. The molecule has 11 nitrogen and oxygen atoms in total. The molecule has 0 saturated carbocycles. The first-order valence-corrected chi connectivity index (χ1v) is 5.56. The minimum atomic E-state index is -1.16. The van der Waals surface area contributed by atoms with Crippen LogP contribution in [0.4, 0.5) is 0 Å². The molecule has 0 bridgehead atoms. The van der Waals surface area contributed by atoms with Crippen LogP contribution in [0.5, 0.6) is 0 Å². The van der Waals surface area contributed by atoms with E-state index in [0.717, 1.165) is 0 Å². The molecule has 0 aliphatic carbocycles. The lowest BCUT2D eigenvalue weighted by molar-refractivity contribution is -0.143. The molecular formula is C10H22N2O9. The molecule has 0 radical (unpaired) electrons. The van der Waals surface area contributed by atoms with E-state index in [0.29, 0.717) is 0 Å². The number of carboxylic acid groups (broad SMARTS) is 3. The van der Waals surface area contributed by atoms with Crippen LogP contribution in [0.3, 0.4) is 0 Å². The van der Waals surface area contributed by atoms with E-state index in [2.05, 4.69) is 0 Å². The Labute approximate surface area is 120 Å². The van der Waals surface area contributed by atoms with Crippen molar-refractivity contribution in [1.29, 1.82) is 0 Å². The first-order valence-electron chi connectivity index (χ1n) is 5.56. The van der Waals surface area contributed by atoms with Crippen LogP contribution in [0.1, 0.15) is 0 Å². The predicted molar refractivity (Wildman–Crippen MR) is 70.1 cm³/mol. The van der Waals surface area contributed by atoms with Crippen molar-refractivity contribution in [2.75, 3.05) is 45.9 Å². The minimum absolute atomic E-state index is 0. The number of nitrogens with zero attached hydrogens (tertiary/aromatic N) is 2. The fraction of sp³-hybridized carbons (Fsp3) is 0.700. The van der Waals surface area contributed by atoms with Gasteiger partial charge in [0.05, 0.1) is 26.2 Å². The molecule has 0 rings (SSSR count). The summed E-state index contributed by atoms with van der Waals surface area (Å²) < 4.78 is 0. The lowest BCUT2D eigenvalue weighted by Gasteiger charge is -2.24. The molecule has 0 spiro atoms. The van der Waals surface area contributed by atoms with Gasteiger partial charge in [0.1, 0.15) is 0 Å². The van der Waals surface area contributed by atoms with Gasteiger partial charge in [0.2, 0.25) is 0 Å². The van der Waals surface area contributed by atoms with Gasteiger partial charge in [-0.05, 0) is 0 Å². The van der Waals surface area contributed by atoms with E-state index in [1.807, 2.05) is 0 Å². The molecule has 0 aromatic rings. The second-order valence-electron chi connectivity index (χ2n) is 3.89. The largest absolute Gasteiger partial charge is 0.480 e. The Balaban J connectivity index is -0.00000162. The number of carboxylic acids is 3. The Morgan fingerprint density at radius 1 is 0.667 bits per heavy atom. The highest BCUT2D eigenvalue weighted by atomic mass is 16.4. The van der Waals surface area contributed by atoms with Crippen LogP contribution in [-0.4, -0.2) is 105 Å². The monoisotopic (exact) mass is 314 g/mol. The maximum atomic E-state index is 10.6. The first kappa shape index (κ1) is 24.2. The van der Waals surface area contributed by atoms with Gasteiger partial charge in [-0.15, -0.1) is 0 Å². The fourth-order valence-corrected chi connectivity index (χ4v) is 1.48. The second kappa shape index (κ2) is 13.2. The molecule has 0 aromatic heterocycles. The molecule has 0 heterocycles. The summed E-state index contributed by atoms with van der Waals surface area (Å²) >= 11 is 0. The van der Waals surface area contributed by atoms with Crippen LogP contribution in [0, 0.1) is 0 Å². The smallest absolute Gasteiger partial charge is 0.317 e. The third-order valence-electron chi connectivity index (χ3n) is 2.23. The summed E-state index contributed by atoms with van der Waals surface area (Å²) in [5.41, 5.74) is 0. The quantitative estimate of drug-likeness (QED) is 0.294. The molecule has 0 aliphatic heterocycles. The van der Waals surface area contributed by atoms with Gasteiger partial charge in [-0.3, -0.25) is 24.2 Å². The number of hydrogen-bond donors (Lipinski definition) is 4. The van der Waals surface area contributed by atoms with Gasteiger partial charge in [0.15, 0.2) is 0 Å². The maximum Gasteiger partial charge on any atom is 0.317 e. The molecule has 0 amide bonds. The maximum absolute atomic E-state index is 10.6. The van der Waals surface area contributed by atoms with Crippen LogP contribution >= 0.6 is 0 Å². The van der Waals surface area contributed by atoms with E-state index in [1.54, 1.807) is 0 Å². The van der Waals surface area contributed by atoms with Gasteiger partial charge >= 0.3 is 17.9 Å². The van der Waals surface area contributed by atoms with Crippen molar-refractivity contribution in [3.05, 3.63) is 0 Å². The van der Waals surface area contributed by atoms with Crippen molar-refractivity contribution in [1.82, 2.24) is 9.80 Å². The molecule has 126 valence electrons. The Morgan fingerprint density at radius 3 is 1.33 bits per heavy atom. The summed E-state index contributed by atoms with van der Waals surface area (Å²) in [5.74, 6) is -3.39. The molecule has 0 aliphatic rings. The third kappa shape index (κ3) is 14.4. The van der Waals surface area contributed by atoms with Crippen LogP contribution in [0.25, 0.3) is 0 Å².